The first kappa shape index (κ1) is 15.4. The SMILES string of the molecule is CC(=O)C1=C(O)C(=O)N(c2ccc(Br)cn2)[C@H]1c1ccccc1. The van der Waals surface area contributed by atoms with Gasteiger partial charge in [0.15, 0.2) is 11.5 Å². The molecule has 1 aliphatic rings. The lowest BCUT2D eigenvalue weighted by molar-refractivity contribution is -0.117. The number of aromatic nitrogens is 1. The molecule has 23 heavy (non-hydrogen) atoms. The van der Waals surface area contributed by atoms with Crippen LogP contribution in [0.5, 0.6) is 0 Å². The number of ketones is 1. The maximum absolute atomic E-state index is 12.5. The summed E-state index contributed by atoms with van der Waals surface area (Å²) in [5.41, 5.74) is 0.825. The zero-order valence-electron chi connectivity index (χ0n) is 12.2. The van der Waals surface area contributed by atoms with Gasteiger partial charge in [-0.1, -0.05) is 30.3 Å². The molecular weight excluding hydrogens is 360 g/mol. The number of aliphatic hydroxyl groups is 1. The minimum absolute atomic E-state index is 0.0888. The molecule has 116 valence electrons. The largest absolute Gasteiger partial charge is 0.503 e. The molecule has 0 aliphatic carbocycles. The summed E-state index contributed by atoms with van der Waals surface area (Å²) < 4.78 is 0.771. The van der Waals surface area contributed by atoms with Crippen LogP contribution in [0.15, 0.2) is 64.5 Å². The van der Waals surface area contributed by atoms with Gasteiger partial charge in [-0.25, -0.2) is 4.98 Å². The number of hydrogen-bond acceptors (Lipinski definition) is 4. The maximum Gasteiger partial charge on any atom is 0.295 e. The van der Waals surface area contributed by atoms with E-state index < -0.39 is 17.7 Å². The van der Waals surface area contributed by atoms with Gasteiger partial charge in [-0.2, -0.15) is 0 Å². The fourth-order valence-corrected chi connectivity index (χ4v) is 2.90. The summed E-state index contributed by atoms with van der Waals surface area (Å²) in [4.78, 5) is 30.1. The lowest BCUT2D eigenvalue weighted by Crippen LogP contribution is -2.31. The number of pyridine rings is 1. The second-order valence-corrected chi connectivity index (χ2v) is 6.06. The van der Waals surface area contributed by atoms with Crippen molar-refractivity contribution >= 4 is 33.4 Å². The van der Waals surface area contributed by atoms with Gasteiger partial charge in [0, 0.05) is 10.7 Å². The molecule has 0 radical (unpaired) electrons. The van der Waals surface area contributed by atoms with Gasteiger partial charge in [0.2, 0.25) is 0 Å². The van der Waals surface area contributed by atoms with Crippen LogP contribution in [0.1, 0.15) is 18.5 Å². The van der Waals surface area contributed by atoms with Crippen molar-refractivity contribution in [2.45, 2.75) is 13.0 Å². The molecule has 1 N–H and O–H groups in total. The van der Waals surface area contributed by atoms with Gasteiger partial charge >= 0.3 is 0 Å². The highest BCUT2D eigenvalue weighted by atomic mass is 79.9. The molecule has 0 fully saturated rings. The van der Waals surface area contributed by atoms with Crippen LogP contribution in [0.3, 0.4) is 0 Å². The molecule has 2 aromatic rings. The van der Waals surface area contributed by atoms with Crippen LogP contribution in [-0.4, -0.2) is 21.8 Å². The number of halogens is 1. The van der Waals surface area contributed by atoms with Crippen LogP contribution in [-0.2, 0) is 9.59 Å². The van der Waals surface area contributed by atoms with E-state index in [4.69, 9.17) is 0 Å². The average Bonchev–Trinajstić information content (AvgIpc) is 2.81. The van der Waals surface area contributed by atoms with Crippen LogP contribution in [0, 0.1) is 0 Å². The predicted octanol–water partition coefficient (Wildman–Crippen LogP) is 3.33. The topological polar surface area (TPSA) is 70.5 Å². The van der Waals surface area contributed by atoms with Crippen LogP contribution in [0.4, 0.5) is 5.82 Å². The molecular formula is C17H13BrN2O3. The van der Waals surface area contributed by atoms with Crippen LogP contribution in [0.25, 0.3) is 0 Å². The van der Waals surface area contributed by atoms with Gasteiger partial charge in [-0.3, -0.25) is 14.5 Å². The number of carbonyl (C=O) groups is 2. The third-order valence-corrected chi connectivity index (χ3v) is 4.13. The summed E-state index contributed by atoms with van der Waals surface area (Å²) in [7, 11) is 0. The molecule has 1 aliphatic heterocycles. The molecule has 1 atom stereocenters. The predicted molar refractivity (Wildman–Crippen MR) is 88.9 cm³/mol. The molecule has 6 heteroatoms. The second-order valence-electron chi connectivity index (χ2n) is 5.14. The molecule has 1 amide bonds. The summed E-state index contributed by atoms with van der Waals surface area (Å²) in [5, 5.41) is 10.2. The first-order valence-corrected chi connectivity index (χ1v) is 7.74. The number of anilines is 1. The summed E-state index contributed by atoms with van der Waals surface area (Å²) >= 11 is 3.30. The van der Waals surface area contributed by atoms with E-state index in [1.54, 1.807) is 18.3 Å². The molecule has 2 heterocycles. The zero-order chi connectivity index (χ0) is 16.6. The van der Waals surface area contributed by atoms with Crippen molar-refractivity contribution < 1.29 is 14.7 Å². The average molecular weight is 373 g/mol. The Balaban J connectivity index is 2.16. The van der Waals surface area contributed by atoms with E-state index in [0.717, 1.165) is 10.0 Å². The first-order chi connectivity index (χ1) is 11.0. The van der Waals surface area contributed by atoms with E-state index in [1.807, 2.05) is 30.3 Å². The highest BCUT2D eigenvalue weighted by Crippen LogP contribution is 2.40. The van der Waals surface area contributed by atoms with Crippen molar-refractivity contribution in [3.63, 3.8) is 0 Å². The molecule has 0 saturated carbocycles. The summed E-state index contributed by atoms with van der Waals surface area (Å²) in [6.07, 6.45) is 1.56. The maximum atomic E-state index is 12.5. The number of amides is 1. The van der Waals surface area contributed by atoms with Crippen LogP contribution >= 0.6 is 15.9 Å². The molecule has 0 saturated heterocycles. The van der Waals surface area contributed by atoms with Crippen molar-refractivity contribution in [2.24, 2.45) is 0 Å². The third kappa shape index (κ3) is 2.66. The number of aliphatic hydroxyl groups excluding tert-OH is 1. The molecule has 5 nitrogen and oxygen atoms in total. The smallest absolute Gasteiger partial charge is 0.295 e. The number of hydrogen-bond donors (Lipinski definition) is 1. The van der Waals surface area contributed by atoms with Crippen molar-refractivity contribution in [1.82, 2.24) is 4.98 Å². The molecule has 1 aromatic heterocycles. The van der Waals surface area contributed by atoms with Gasteiger partial charge in [0.1, 0.15) is 5.82 Å². The fourth-order valence-electron chi connectivity index (χ4n) is 2.66. The first-order valence-electron chi connectivity index (χ1n) is 6.95. The Kier molecular flexibility index (Phi) is 4.00. The van der Waals surface area contributed by atoms with Gasteiger partial charge in [-0.15, -0.1) is 0 Å². The highest BCUT2D eigenvalue weighted by molar-refractivity contribution is 9.10. The number of carbonyl (C=O) groups excluding carboxylic acids is 2. The standard InChI is InChI=1S/C17H13BrN2O3/c1-10(21)14-15(11-5-3-2-4-6-11)20(17(23)16(14)22)13-8-7-12(18)9-19-13/h2-9,15,22H,1H3/t15-/m0/s1. The number of nitrogens with zero attached hydrogens (tertiary/aromatic N) is 2. The normalized spacial score (nSPS) is 17.7. The molecule has 0 spiro atoms. The molecule has 1 aromatic carbocycles. The zero-order valence-corrected chi connectivity index (χ0v) is 13.8. The van der Waals surface area contributed by atoms with Gasteiger partial charge in [0.05, 0.1) is 11.6 Å². The number of benzene rings is 1. The van der Waals surface area contributed by atoms with Crippen molar-refractivity contribution in [3.8, 4) is 0 Å². The van der Waals surface area contributed by atoms with E-state index in [2.05, 4.69) is 20.9 Å². The Labute approximate surface area is 141 Å². The van der Waals surface area contributed by atoms with Gasteiger partial charge in [0.25, 0.3) is 5.91 Å². The number of rotatable bonds is 3. The summed E-state index contributed by atoms with van der Waals surface area (Å²) in [6.45, 7) is 1.34. The second kappa shape index (κ2) is 5.96. The molecule has 0 unspecified atom stereocenters. The minimum Gasteiger partial charge on any atom is -0.503 e. The Morgan fingerprint density at radius 1 is 1.22 bits per heavy atom. The summed E-state index contributed by atoms with van der Waals surface area (Å²) in [5.74, 6) is -1.12. The van der Waals surface area contributed by atoms with E-state index in [0.29, 0.717) is 5.82 Å². The monoisotopic (exact) mass is 372 g/mol. The van der Waals surface area contributed by atoms with E-state index in [1.165, 1.54) is 11.8 Å². The van der Waals surface area contributed by atoms with Crippen molar-refractivity contribution in [3.05, 3.63) is 70.0 Å². The van der Waals surface area contributed by atoms with E-state index in [9.17, 15) is 14.7 Å². The quantitative estimate of drug-likeness (QED) is 0.896. The van der Waals surface area contributed by atoms with E-state index in [-0.39, 0.29) is 11.4 Å². The summed E-state index contributed by atoms with van der Waals surface area (Å²) in [6, 6.07) is 11.8. The van der Waals surface area contributed by atoms with Gasteiger partial charge in [-0.05, 0) is 40.5 Å². The van der Waals surface area contributed by atoms with Crippen LogP contribution < -0.4 is 4.90 Å². The Bertz CT molecular complexity index is 800. The number of Topliss-reactive ketones (excluding diaryl/α,β-unsaturated/α-hetero) is 1. The van der Waals surface area contributed by atoms with E-state index >= 15 is 0 Å². The Morgan fingerprint density at radius 2 is 1.91 bits per heavy atom. The highest BCUT2D eigenvalue weighted by Gasteiger charge is 2.43. The van der Waals surface area contributed by atoms with Crippen LogP contribution in [0.2, 0.25) is 0 Å². The third-order valence-electron chi connectivity index (χ3n) is 3.66. The van der Waals surface area contributed by atoms with Crippen molar-refractivity contribution in [2.75, 3.05) is 4.90 Å². The Morgan fingerprint density at radius 3 is 2.48 bits per heavy atom. The lowest BCUT2D eigenvalue weighted by Gasteiger charge is -2.25. The molecule has 3 rings (SSSR count). The Hall–Kier alpha value is -2.47. The lowest BCUT2D eigenvalue weighted by atomic mass is 9.97. The van der Waals surface area contributed by atoms with Gasteiger partial charge < -0.3 is 5.11 Å². The minimum atomic E-state index is -0.685. The molecule has 0 bridgehead atoms. The fraction of sp³-hybridized carbons (Fsp3) is 0.118. The van der Waals surface area contributed by atoms with Crippen molar-refractivity contribution in [1.29, 1.82) is 0 Å².